The molecule has 1 aliphatic heterocycles. The first-order valence-corrected chi connectivity index (χ1v) is 10.6. The van der Waals surface area contributed by atoms with Crippen molar-refractivity contribution in [1.29, 1.82) is 0 Å². The normalized spacial score (nSPS) is 14.7. The summed E-state index contributed by atoms with van der Waals surface area (Å²) in [6.45, 7) is 5.85. The van der Waals surface area contributed by atoms with E-state index in [4.69, 9.17) is 4.42 Å². The third-order valence-corrected chi connectivity index (χ3v) is 5.45. The lowest BCUT2D eigenvalue weighted by Crippen LogP contribution is -2.43. The zero-order valence-electron chi connectivity index (χ0n) is 18.0. The lowest BCUT2D eigenvalue weighted by atomic mass is 9.96. The summed E-state index contributed by atoms with van der Waals surface area (Å²) in [4.78, 5) is 38.3. The van der Waals surface area contributed by atoms with Crippen molar-refractivity contribution in [3.63, 3.8) is 0 Å². The van der Waals surface area contributed by atoms with Gasteiger partial charge in [0.1, 0.15) is 5.76 Å². The second-order valence-corrected chi connectivity index (χ2v) is 8.06. The van der Waals surface area contributed by atoms with Gasteiger partial charge in [-0.2, -0.15) is 0 Å². The molecule has 7 heteroatoms. The molecule has 3 rings (SSSR count). The third kappa shape index (κ3) is 6.57. The van der Waals surface area contributed by atoms with Gasteiger partial charge in [0, 0.05) is 31.4 Å². The van der Waals surface area contributed by atoms with Gasteiger partial charge in [0.2, 0.25) is 5.91 Å². The van der Waals surface area contributed by atoms with Gasteiger partial charge >= 0.3 is 11.8 Å². The summed E-state index contributed by atoms with van der Waals surface area (Å²) in [6.07, 6.45) is 6.28. The molecule has 0 spiro atoms. The molecule has 0 bridgehead atoms. The summed E-state index contributed by atoms with van der Waals surface area (Å²) in [7, 11) is 0. The highest BCUT2D eigenvalue weighted by molar-refractivity contribution is 6.39. The van der Waals surface area contributed by atoms with Crippen molar-refractivity contribution in [2.45, 2.75) is 32.6 Å². The van der Waals surface area contributed by atoms with Crippen LogP contribution in [0.4, 0.5) is 5.69 Å². The van der Waals surface area contributed by atoms with Crippen LogP contribution < -0.4 is 10.6 Å². The van der Waals surface area contributed by atoms with Crippen LogP contribution in [0, 0.1) is 5.92 Å². The van der Waals surface area contributed by atoms with Crippen LogP contribution in [-0.2, 0) is 14.4 Å². The molecular weight excluding hydrogens is 394 g/mol. The Balaban J connectivity index is 1.38. The van der Waals surface area contributed by atoms with Crippen LogP contribution in [0.15, 0.2) is 53.2 Å². The Morgan fingerprint density at radius 2 is 1.81 bits per heavy atom. The molecule has 1 aliphatic rings. The average Bonchev–Trinajstić information content (AvgIpc) is 3.30. The number of anilines is 1. The van der Waals surface area contributed by atoms with Gasteiger partial charge in [0.05, 0.1) is 6.26 Å². The van der Waals surface area contributed by atoms with Gasteiger partial charge < -0.3 is 20.0 Å². The topological polar surface area (TPSA) is 91.7 Å². The molecule has 0 saturated carbocycles. The van der Waals surface area contributed by atoms with Crippen LogP contribution in [0.3, 0.4) is 0 Å². The highest BCUT2D eigenvalue weighted by atomic mass is 16.3. The number of piperidine rings is 1. The molecule has 0 unspecified atom stereocenters. The summed E-state index contributed by atoms with van der Waals surface area (Å²) in [5.41, 5.74) is 1.77. The number of hydrogen-bond acceptors (Lipinski definition) is 4. The van der Waals surface area contributed by atoms with Crippen LogP contribution in [0.5, 0.6) is 0 Å². The Bertz CT molecular complexity index is 909. The van der Waals surface area contributed by atoms with Crippen molar-refractivity contribution in [3.8, 4) is 0 Å². The van der Waals surface area contributed by atoms with E-state index in [1.165, 1.54) is 11.6 Å². The molecule has 2 aromatic rings. The van der Waals surface area contributed by atoms with Crippen LogP contribution >= 0.6 is 0 Å². The van der Waals surface area contributed by atoms with Crippen LogP contribution in [0.25, 0.3) is 6.08 Å². The highest BCUT2D eigenvalue weighted by Crippen LogP contribution is 2.18. The van der Waals surface area contributed by atoms with Crippen molar-refractivity contribution in [1.82, 2.24) is 10.2 Å². The monoisotopic (exact) mass is 423 g/mol. The number of rotatable bonds is 6. The Morgan fingerprint density at radius 1 is 1.10 bits per heavy atom. The number of amides is 3. The van der Waals surface area contributed by atoms with E-state index in [2.05, 4.69) is 24.5 Å². The number of furan rings is 1. The second-order valence-electron chi connectivity index (χ2n) is 8.06. The summed E-state index contributed by atoms with van der Waals surface area (Å²) >= 11 is 0. The van der Waals surface area contributed by atoms with Crippen molar-refractivity contribution in [3.05, 3.63) is 60.1 Å². The maximum absolute atomic E-state index is 12.3. The predicted molar refractivity (Wildman–Crippen MR) is 119 cm³/mol. The quantitative estimate of drug-likeness (QED) is 0.550. The SMILES string of the molecule is CC(C)c1ccc(NC(=O)C(=O)NCC2CCN(C(=O)/C=C/c3ccco3)CC2)cc1. The molecule has 1 fully saturated rings. The van der Waals surface area contributed by atoms with Crippen LogP contribution in [0.1, 0.15) is 43.9 Å². The standard InChI is InChI=1S/C24H29N3O4/c1-17(2)19-5-7-20(8-6-19)26-24(30)23(29)25-16-18-11-13-27(14-12-18)22(28)10-9-21-4-3-15-31-21/h3-10,15,17-18H,11-14,16H2,1-2H3,(H,25,29)(H,26,30)/b10-9+. The first-order chi connectivity index (χ1) is 14.9. The maximum atomic E-state index is 12.3. The van der Waals surface area contributed by atoms with Gasteiger partial charge in [0.15, 0.2) is 0 Å². The van der Waals surface area contributed by atoms with Crippen molar-refractivity contribution >= 4 is 29.5 Å². The first kappa shape index (κ1) is 22.3. The Morgan fingerprint density at radius 3 is 2.42 bits per heavy atom. The predicted octanol–water partition coefficient (Wildman–Crippen LogP) is 3.41. The van der Waals surface area contributed by atoms with Gasteiger partial charge in [0.25, 0.3) is 0 Å². The van der Waals surface area contributed by atoms with Gasteiger partial charge in [-0.25, -0.2) is 0 Å². The minimum atomic E-state index is -0.673. The maximum Gasteiger partial charge on any atom is 0.313 e. The van der Waals surface area contributed by atoms with Crippen molar-refractivity contribution in [2.24, 2.45) is 5.92 Å². The van der Waals surface area contributed by atoms with Crippen LogP contribution in [0.2, 0.25) is 0 Å². The number of hydrogen-bond donors (Lipinski definition) is 2. The minimum Gasteiger partial charge on any atom is -0.465 e. The number of nitrogens with zero attached hydrogens (tertiary/aromatic N) is 1. The van der Waals surface area contributed by atoms with E-state index in [1.54, 1.807) is 41.5 Å². The third-order valence-electron chi connectivity index (χ3n) is 5.45. The van der Waals surface area contributed by atoms with E-state index in [0.29, 0.717) is 37.0 Å². The number of carbonyl (C=O) groups is 3. The zero-order valence-corrected chi connectivity index (χ0v) is 18.0. The molecule has 0 atom stereocenters. The molecule has 3 amide bonds. The summed E-state index contributed by atoms with van der Waals surface area (Å²) in [5, 5.41) is 5.33. The van der Waals surface area contributed by atoms with Crippen molar-refractivity contribution in [2.75, 3.05) is 25.0 Å². The largest absolute Gasteiger partial charge is 0.465 e. The zero-order chi connectivity index (χ0) is 22.2. The van der Waals surface area contributed by atoms with E-state index in [1.807, 2.05) is 12.1 Å². The molecule has 7 nitrogen and oxygen atoms in total. The van der Waals surface area contributed by atoms with E-state index in [-0.39, 0.29) is 11.8 Å². The minimum absolute atomic E-state index is 0.0539. The van der Waals surface area contributed by atoms with E-state index >= 15 is 0 Å². The fraction of sp³-hybridized carbons (Fsp3) is 0.375. The molecule has 1 aromatic carbocycles. The van der Waals surface area contributed by atoms with Gasteiger partial charge in [-0.05, 0) is 60.6 Å². The molecule has 164 valence electrons. The summed E-state index contributed by atoms with van der Waals surface area (Å²) in [6, 6.07) is 11.0. The number of nitrogens with one attached hydrogen (secondary N) is 2. The van der Waals surface area contributed by atoms with E-state index < -0.39 is 11.8 Å². The van der Waals surface area contributed by atoms with Gasteiger partial charge in [-0.3, -0.25) is 14.4 Å². The second kappa shape index (κ2) is 10.6. The fourth-order valence-electron chi connectivity index (χ4n) is 3.46. The average molecular weight is 424 g/mol. The van der Waals surface area contributed by atoms with Crippen LogP contribution in [-0.4, -0.2) is 42.3 Å². The summed E-state index contributed by atoms with van der Waals surface area (Å²) < 4.78 is 5.18. The molecule has 2 N–H and O–H groups in total. The molecule has 1 aromatic heterocycles. The molecule has 31 heavy (non-hydrogen) atoms. The number of carbonyl (C=O) groups excluding carboxylic acids is 3. The van der Waals surface area contributed by atoms with Gasteiger partial charge in [-0.15, -0.1) is 0 Å². The number of likely N-dealkylation sites (tertiary alicyclic amines) is 1. The Hall–Kier alpha value is -3.35. The molecule has 2 heterocycles. The number of benzene rings is 1. The summed E-state index contributed by atoms with van der Waals surface area (Å²) in [5.74, 6) is -0.0930. The smallest absolute Gasteiger partial charge is 0.313 e. The molecule has 1 saturated heterocycles. The first-order valence-electron chi connectivity index (χ1n) is 10.6. The lowest BCUT2D eigenvalue weighted by Gasteiger charge is -2.31. The van der Waals surface area contributed by atoms with Crippen molar-refractivity contribution < 1.29 is 18.8 Å². The fourth-order valence-corrected chi connectivity index (χ4v) is 3.46. The van der Waals surface area contributed by atoms with E-state index in [0.717, 1.165) is 12.8 Å². The van der Waals surface area contributed by atoms with Gasteiger partial charge in [-0.1, -0.05) is 26.0 Å². The highest BCUT2D eigenvalue weighted by Gasteiger charge is 2.23. The van der Waals surface area contributed by atoms with E-state index in [9.17, 15) is 14.4 Å². The lowest BCUT2D eigenvalue weighted by molar-refractivity contribution is -0.136. The Labute approximate surface area is 182 Å². The molecule has 0 aliphatic carbocycles. The Kier molecular flexibility index (Phi) is 7.65. The molecule has 0 radical (unpaired) electrons. The molecular formula is C24H29N3O4.